The van der Waals surface area contributed by atoms with Crippen molar-refractivity contribution in [3.8, 4) is 5.75 Å². The summed E-state index contributed by atoms with van der Waals surface area (Å²) in [5.41, 5.74) is -3.54. The van der Waals surface area contributed by atoms with E-state index in [0.717, 1.165) is 5.56 Å². The molecule has 0 fully saturated rings. The Balaban J connectivity index is 2.24. The summed E-state index contributed by atoms with van der Waals surface area (Å²) in [6, 6.07) is 7.10. The SMILES string of the molecule is Cc1ccc(N2C[C@@H](CCC(C)(F)F)[C@H](F)S(=O)(=O)c3cc(O)c(C(F)(F)F)cc32)cc1. The molecule has 11 heteroatoms. The fourth-order valence-electron chi connectivity index (χ4n) is 3.64. The molecule has 3 rings (SSSR count). The van der Waals surface area contributed by atoms with Gasteiger partial charge in [-0.2, -0.15) is 13.2 Å². The molecule has 1 aliphatic rings. The molecule has 0 radical (unpaired) electrons. The van der Waals surface area contributed by atoms with Gasteiger partial charge in [-0.25, -0.2) is 21.6 Å². The predicted molar refractivity (Wildman–Crippen MR) is 107 cm³/mol. The van der Waals surface area contributed by atoms with E-state index in [0.29, 0.717) is 19.1 Å². The molecule has 2 aromatic rings. The average molecular weight is 481 g/mol. The lowest BCUT2D eigenvalue weighted by molar-refractivity contribution is -0.138. The molecule has 0 aromatic heterocycles. The molecule has 0 unspecified atom stereocenters. The standard InChI is InChI=1S/C21H21F6NO3S/c1-12-3-5-14(6-4-12)28-11-13(7-8-20(2,23)24)19(22)32(30,31)18-10-17(29)15(9-16(18)28)21(25,26)27/h3-6,9-10,13,19,29H,7-8,11H2,1-2H3/t13-,19-/m1/s1. The molecule has 1 heterocycles. The second-order valence-electron chi connectivity index (χ2n) is 8.05. The molecule has 0 amide bonds. The van der Waals surface area contributed by atoms with Crippen molar-refractivity contribution in [1.29, 1.82) is 0 Å². The summed E-state index contributed by atoms with van der Waals surface area (Å²) in [4.78, 5) is 0.334. The Bertz CT molecular complexity index is 1090. The third-order valence-electron chi connectivity index (χ3n) is 5.36. The summed E-state index contributed by atoms with van der Waals surface area (Å²) in [6.07, 6.45) is -6.32. The number of nitrogens with zero attached hydrogens (tertiary/aromatic N) is 1. The quantitative estimate of drug-likeness (QED) is 0.545. The number of anilines is 2. The van der Waals surface area contributed by atoms with Crippen LogP contribution >= 0.6 is 0 Å². The Kier molecular flexibility index (Phi) is 6.18. The second kappa shape index (κ2) is 8.17. The zero-order valence-electron chi connectivity index (χ0n) is 17.1. The number of aromatic hydroxyl groups is 1. The lowest BCUT2D eigenvalue weighted by Gasteiger charge is -2.29. The van der Waals surface area contributed by atoms with Gasteiger partial charge in [0.2, 0.25) is 21.3 Å². The van der Waals surface area contributed by atoms with Gasteiger partial charge in [-0.05, 0) is 38.5 Å². The van der Waals surface area contributed by atoms with E-state index in [4.69, 9.17) is 0 Å². The highest BCUT2D eigenvalue weighted by Gasteiger charge is 2.45. The van der Waals surface area contributed by atoms with Gasteiger partial charge in [0.05, 0.1) is 16.1 Å². The summed E-state index contributed by atoms with van der Waals surface area (Å²) in [5, 5.41) is 9.86. The van der Waals surface area contributed by atoms with Crippen molar-refractivity contribution in [1.82, 2.24) is 0 Å². The second-order valence-corrected chi connectivity index (χ2v) is 10.0. The van der Waals surface area contributed by atoms with Gasteiger partial charge in [0.25, 0.3) is 0 Å². The molecule has 0 saturated carbocycles. The summed E-state index contributed by atoms with van der Waals surface area (Å²) in [5.74, 6) is -6.00. The minimum absolute atomic E-state index is 0.258. The van der Waals surface area contributed by atoms with Crippen molar-refractivity contribution >= 4 is 21.2 Å². The van der Waals surface area contributed by atoms with Crippen LogP contribution in [-0.4, -0.2) is 31.5 Å². The minimum atomic E-state index is -5.01. The molecule has 32 heavy (non-hydrogen) atoms. The number of phenolic OH excluding ortho intramolecular Hbond substituents is 1. The summed E-state index contributed by atoms with van der Waals surface area (Å²) < 4.78 is 108. The fourth-order valence-corrected chi connectivity index (χ4v) is 5.35. The molecule has 176 valence electrons. The monoisotopic (exact) mass is 481 g/mol. The third-order valence-corrected chi connectivity index (χ3v) is 7.28. The fraction of sp³-hybridized carbons (Fsp3) is 0.429. The van der Waals surface area contributed by atoms with E-state index in [1.807, 2.05) is 0 Å². The average Bonchev–Trinajstić information content (AvgIpc) is 2.74. The lowest BCUT2D eigenvalue weighted by Crippen LogP contribution is -2.32. The van der Waals surface area contributed by atoms with Crippen LogP contribution in [0.5, 0.6) is 5.75 Å². The van der Waals surface area contributed by atoms with Gasteiger partial charge in [-0.1, -0.05) is 17.7 Å². The molecule has 1 aliphatic heterocycles. The Morgan fingerprint density at radius 1 is 1.09 bits per heavy atom. The number of benzene rings is 2. The Morgan fingerprint density at radius 2 is 1.69 bits per heavy atom. The van der Waals surface area contributed by atoms with Crippen LogP contribution in [0.3, 0.4) is 0 Å². The number of sulfone groups is 1. The van der Waals surface area contributed by atoms with Gasteiger partial charge >= 0.3 is 6.18 Å². The maximum absolute atomic E-state index is 15.2. The van der Waals surface area contributed by atoms with Gasteiger partial charge < -0.3 is 10.0 Å². The number of fused-ring (bicyclic) bond motifs is 1. The van der Waals surface area contributed by atoms with Crippen molar-refractivity contribution in [2.75, 3.05) is 11.4 Å². The van der Waals surface area contributed by atoms with Crippen LogP contribution in [0, 0.1) is 12.8 Å². The number of alkyl halides is 6. The van der Waals surface area contributed by atoms with Gasteiger partial charge in [-0.15, -0.1) is 0 Å². The first kappa shape index (κ1) is 24.2. The van der Waals surface area contributed by atoms with E-state index >= 15 is 4.39 Å². The van der Waals surface area contributed by atoms with Gasteiger partial charge in [-0.3, -0.25) is 0 Å². The lowest BCUT2D eigenvalue weighted by atomic mass is 10.00. The van der Waals surface area contributed by atoms with E-state index in [-0.39, 0.29) is 5.69 Å². The number of phenols is 1. The van der Waals surface area contributed by atoms with Gasteiger partial charge in [0.1, 0.15) is 5.75 Å². The van der Waals surface area contributed by atoms with Crippen LogP contribution < -0.4 is 4.90 Å². The largest absolute Gasteiger partial charge is 0.507 e. The van der Waals surface area contributed by atoms with Crippen molar-refractivity contribution in [3.05, 3.63) is 47.5 Å². The molecule has 0 bridgehead atoms. The maximum Gasteiger partial charge on any atom is 0.420 e. The van der Waals surface area contributed by atoms with Crippen LogP contribution in [0.15, 0.2) is 41.3 Å². The zero-order valence-corrected chi connectivity index (χ0v) is 17.9. The smallest absolute Gasteiger partial charge is 0.420 e. The zero-order chi connectivity index (χ0) is 24.1. The number of hydrogen-bond donors (Lipinski definition) is 1. The normalized spacial score (nSPS) is 21.2. The Labute approximate surface area is 181 Å². The summed E-state index contributed by atoms with van der Waals surface area (Å²) in [7, 11) is -4.89. The predicted octanol–water partition coefficient (Wildman–Crippen LogP) is 5.99. The van der Waals surface area contributed by atoms with Crippen LogP contribution in [0.4, 0.5) is 37.7 Å². The molecular weight excluding hydrogens is 460 g/mol. The van der Waals surface area contributed by atoms with E-state index < -0.39 is 74.6 Å². The highest BCUT2D eigenvalue weighted by atomic mass is 32.2. The molecule has 0 spiro atoms. The topological polar surface area (TPSA) is 57.6 Å². The highest BCUT2D eigenvalue weighted by molar-refractivity contribution is 7.92. The van der Waals surface area contributed by atoms with Crippen LogP contribution in [-0.2, 0) is 16.0 Å². The third kappa shape index (κ3) is 4.82. The number of aryl methyl sites for hydroxylation is 1. The molecule has 2 atom stereocenters. The van der Waals surface area contributed by atoms with E-state index in [9.17, 15) is 35.5 Å². The molecule has 0 saturated heterocycles. The summed E-state index contributed by atoms with van der Waals surface area (Å²) >= 11 is 0. The van der Waals surface area contributed by atoms with Crippen molar-refractivity contribution < 1.29 is 39.9 Å². The molecular formula is C21H21F6NO3S. The van der Waals surface area contributed by atoms with E-state index in [2.05, 4.69) is 0 Å². The first-order valence-electron chi connectivity index (χ1n) is 9.65. The minimum Gasteiger partial charge on any atom is -0.507 e. The van der Waals surface area contributed by atoms with E-state index in [1.54, 1.807) is 19.1 Å². The van der Waals surface area contributed by atoms with E-state index in [1.165, 1.54) is 17.0 Å². The van der Waals surface area contributed by atoms with Gasteiger partial charge in [0.15, 0.2) is 0 Å². The Morgan fingerprint density at radius 3 is 2.22 bits per heavy atom. The van der Waals surface area contributed by atoms with Crippen molar-refractivity contribution in [3.63, 3.8) is 0 Å². The Hall–Kier alpha value is -2.43. The molecule has 0 aliphatic carbocycles. The molecule has 2 aromatic carbocycles. The first-order valence-corrected chi connectivity index (χ1v) is 11.2. The van der Waals surface area contributed by atoms with Crippen LogP contribution in [0.1, 0.15) is 30.9 Å². The van der Waals surface area contributed by atoms with Gasteiger partial charge in [0, 0.05) is 30.6 Å². The number of hydrogen-bond acceptors (Lipinski definition) is 4. The number of halogens is 6. The number of rotatable bonds is 4. The first-order chi connectivity index (χ1) is 14.6. The van der Waals surface area contributed by atoms with Crippen LogP contribution in [0.25, 0.3) is 0 Å². The highest BCUT2D eigenvalue weighted by Crippen LogP contribution is 2.47. The molecule has 1 N–H and O–H groups in total. The van der Waals surface area contributed by atoms with Crippen molar-refractivity contribution in [2.45, 2.75) is 49.2 Å². The maximum atomic E-state index is 15.2. The molecule has 4 nitrogen and oxygen atoms in total. The van der Waals surface area contributed by atoms with Crippen LogP contribution in [0.2, 0.25) is 0 Å². The summed E-state index contributed by atoms with van der Waals surface area (Å²) in [6.45, 7) is 1.92. The van der Waals surface area contributed by atoms with Crippen molar-refractivity contribution in [2.24, 2.45) is 5.92 Å².